The second kappa shape index (κ2) is 8.29. The number of hydrogen-bond acceptors (Lipinski definition) is 4. The van der Waals surface area contributed by atoms with Crippen LogP contribution in [-0.2, 0) is 0 Å². The molecule has 0 spiro atoms. The van der Waals surface area contributed by atoms with E-state index in [4.69, 9.17) is 0 Å². The molecule has 152 valence electrons. The van der Waals surface area contributed by atoms with Gasteiger partial charge < -0.3 is 10.2 Å². The van der Waals surface area contributed by atoms with E-state index in [1.54, 1.807) is 35.4 Å². The highest BCUT2D eigenvalue weighted by Gasteiger charge is 2.26. The quantitative estimate of drug-likeness (QED) is 0.719. The maximum atomic E-state index is 13.2. The van der Waals surface area contributed by atoms with Crippen molar-refractivity contribution in [3.05, 3.63) is 54.2 Å². The number of piperidine rings is 1. The van der Waals surface area contributed by atoms with Crippen LogP contribution in [0.1, 0.15) is 36.5 Å². The van der Waals surface area contributed by atoms with E-state index in [0.29, 0.717) is 11.5 Å². The summed E-state index contributed by atoms with van der Waals surface area (Å²) in [5.74, 6) is 0.0738. The molecule has 4 rings (SSSR count). The topological polar surface area (TPSA) is 63.1 Å². The minimum Gasteiger partial charge on any atom is -0.349 e. The van der Waals surface area contributed by atoms with Gasteiger partial charge in [-0.05, 0) is 69.6 Å². The summed E-state index contributed by atoms with van der Waals surface area (Å²) in [6.07, 6.45) is 8.04. The van der Waals surface area contributed by atoms with Gasteiger partial charge in [-0.15, -0.1) is 0 Å². The first kappa shape index (κ1) is 19.5. The number of benzene rings is 1. The van der Waals surface area contributed by atoms with Gasteiger partial charge in [-0.25, -0.2) is 9.07 Å². The van der Waals surface area contributed by atoms with E-state index in [1.807, 2.05) is 0 Å². The van der Waals surface area contributed by atoms with Gasteiger partial charge in [0.25, 0.3) is 5.91 Å². The van der Waals surface area contributed by atoms with E-state index in [2.05, 4.69) is 34.3 Å². The van der Waals surface area contributed by atoms with E-state index >= 15 is 0 Å². The Balaban J connectivity index is 1.58. The number of amides is 1. The predicted octanol–water partition coefficient (Wildman–Crippen LogP) is 3.41. The normalized spacial score (nSPS) is 16.8. The molecule has 1 amide bonds. The van der Waals surface area contributed by atoms with Crippen LogP contribution in [-0.4, -0.2) is 51.8 Å². The van der Waals surface area contributed by atoms with Crippen LogP contribution < -0.4 is 5.32 Å². The first-order valence-corrected chi connectivity index (χ1v) is 10.1. The fourth-order valence-electron chi connectivity index (χ4n) is 4.14. The molecule has 3 heterocycles. The molecule has 1 saturated heterocycles. The number of pyridine rings is 1. The average Bonchev–Trinajstić information content (AvgIpc) is 3.17. The van der Waals surface area contributed by atoms with Gasteiger partial charge in [0.2, 0.25) is 0 Å². The largest absolute Gasteiger partial charge is 0.349 e. The number of rotatable bonds is 5. The Morgan fingerprint density at radius 2 is 1.93 bits per heavy atom. The van der Waals surface area contributed by atoms with Gasteiger partial charge >= 0.3 is 0 Å². The number of carbonyl (C=O) groups excluding carboxylic acids is 1. The van der Waals surface area contributed by atoms with Crippen LogP contribution in [0.25, 0.3) is 16.6 Å². The minimum absolute atomic E-state index is 0.118. The fourth-order valence-corrected chi connectivity index (χ4v) is 4.14. The van der Waals surface area contributed by atoms with Crippen LogP contribution in [0.5, 0.6) is 0 Å². The van der Waals surface area contributed by atoms with Crippen LogP contribution >= 0.6 is 0 Å². The summed E-state index contributed by atoms with van der Waals surface area (Å²) in [5, 5.41) is 8.37. The number of fused-ring (bicyclic) bond motifs is 1. The summed E-state index contributed by atoms with van der Waals surface area (Å²) in [6.45, 7) is 4.26. The zero-order valence-electron chi connectivity index (χ0n) is 16.8. The van der Waals surface area contributed by atoms with Crippen LogP contribution in [0.15, 0.2) is 42.9 Å². The molecule has 6 nitrogen and oxygen atoms in total. The summed E-state index contributed by atoms with van der Waals surface area (Å²) in [7, 11) is 2.14. The molecule has 1 aliphatic rings. The van der Waals surface area contributed by atoms with Gasteiger partial charge in [-0.2, -0.15) is 5.10 Å². The van der Waals surface area contributed by atoms with Gasteiger partial charge in [0.05, 0.1) is 29.2 Å². The maximum Gasteiger partial charge on any atom is 0.253 e. The Hall–Kier alpha value is -2.80. The average molecular weight is 395 g/mol. The van der Waals surface area contributed by atoms with Crippen molar-refractivity contribution in [1.29, 1.82) is 0 Å². The number of nitrogens with zero attached hydrogens (tertiary/aromatic N) is 4. The monoisotopic (exact) mass is 395 g/mol. The van der Waals surface area contributed by atoms with Gasteiger partial charge in [0, 0.05) is 17.6 Å². The van der Waals surface area contributed by atoms with Gasteiger partial charge in [0.1, 0.15) is 5.82 Å². The lowest BCUT2D eigenvalue weighted by Gasteiger charge is -2.34. The zero-order valence-corrected chi connectivity index (χ0v) is 16.8. The molecule has 0 bridgehead atoms. The Morgan fingerprint density at radius 3 is 2.62 bits per heavy atom. The van der Waals surface area contributed by atoms with Crippen LogP contribution in [0, 0.1) is 11.7 Å². The van der Waals surface area contributed by atoms with E-state index in [-0.39, 0.29) is 17.8 Å². The molecule has 1 fully saturated rings. The van der Waals surface area contributed by atoms with Crippen molar-refractivity contribution >= 4 is 16.8 Å². The Bertz CT molecular complexity index is 992. The molecule has 1 atom stereocenters. The van der Waals surface area contributed by atoms with Gasteiger partial charge in [-0.1, -0.05) is 6.92 Å². The number of halogens is 1. The Labute approximate surface area is 169 Å². The second-order valence-corrected chi connectivity index (χ2v) is 7.78. The van der Waals surface area contributed by atoms with Crippen LogP contribution in [0.3, 0.4) is 0 Å². The number of aromatic nitrogens is 3. The maximum absolute atomic E-state index is 13.2. The molecule has 7 heteroatoms. The van der Waals surface area contributed by atoms with Crippen molar-refractivity contribution in [2.24, 2.45) is 5.92 Å². The minimum atomic E-state index is -0.303. The molecule has 1 N–H and O–H groups in total. The Morgan fingerprint density at radius 1 is 1.21 bits per heavy atom. The van der Waals surface area contributed by atoms with E-state index < -0.39 is 0 Å². The molecule has 1 aromatic carbocycles. The lowest BCUT2D eigenvalue weighted by molar-refractivity contribution is 0.0900. The van der Waals surface area contributed by atoms with Crippen molar-refractivity contribution < 1.29 is 9.18 Å². The van der Waals surface area contributed by atoms with E-state index in [0.717, 1.165) is 48.9 Å². The molecule has 1 unspecified atom stereocenters. The van der Waals surface area contributed by atoms with Crippen LogP contribution in [0.2, 0.25) is 0 Å². The third kappa shape index (κ3) is 4.00. The SMILES string of the molecule is CCC(NC(=O)c1cncc2c1cnn2-c1ccc(F)cc1)C1CCN(C)CC1. The van der Waals surface area contributed by atoms with Crippen molar-refractivity contribution in [3.63, 3.8) is 0 Å². The summed E-state index contributed by atoms with van der Waals surface area (Å²) in [6, 6.07) is 6.24. The van der Waals surface area contributed by atoms with Crippen molar-refractivity contribution in [1.82, 2.24) is 25.0 Å². The Kier molecular flexibility index (Phi) is 5.58. The summed E-state index contributed by atoms with van der Waals surface area (Å²) < 4.78 is 14.9. The third-order valence-electron chi connectivity index (χ3n) is 5.90. The second-order valence-electron chi connectivity index (χ2n) is 7.78. The van der Waals surface area contributed by atoms with Gasteiger partial charge in [0.15, 0.2) is 0 Å². The van der Waals surface area contributed by atoms with E-state index in [9.17, 15) is 9.18 Å². The highest BCUT2D eigenvalue weighted by atomic mass is 19.1. The molecule has 3 aromatic rings. The van der Waals surface area contributed by atoms with Crippen molar-refractivity contribution in [3.8, 4) is 5.69 Å². The number of nitrogens with one attached hydrogen (secondary N) is 1. The lowest BCUT2D eigenvalue weighted by atomic mass is 9.88. The fraction of sp³-hybridized carbons (Fsp3) is 0.409. The first-order valence-electron chi connectivity index (χ1n) is 10.1. The third-order valence-corrected chi connectivity index (χ3v) is 5.90. The summed E-state index contributed by atoms with van der Waals surface area (Å²) in [5.41, 5.74) is 1.96. The molecule has 0 aliphatic carbocycles. The molecule has 29 heavy (non-hydrogen) atoms. The number of hydrogen-bond donors (Lipinski definition) is 1. The lowest BCUT2D eigenvalue weighted by Crippen LogP contribution is -2.44. The van der Waals surface area contributed by atoms with Gasteiger partial charge in [-0.3, -0.25) is 9.78 Å². The zero-order chi connectivity index (χ0) is 20.4. The van der Waals surface area contributed by atoms with Crippen molar-refractivity contribution in [2.45, 2.75) is 32.2 Å². The summed E-state index contributed by atoms with van der Waals surface area (Å²) >= 11 is 0. The molecular formula is C22H26FN5O. The standard InChI is InChI=1S/C22H26FN5O/c1-3-20(15-8-10-27(2)11-9-15)26-22(29)19-12-24-14-21-18(19)13-25-28(21)17-6-4-16(23)5-7-17/h4-7,12-15,20H,3,8-11H2,1-2H3,(H,26,29). The molecule has 0 radical (unpaired) electrons. The highest BCUT2D eigenvalue weighted by molar-refractivity contribution is 6.06. The smallest absolute Gasteiger partial charge is 0.253 e. The molecular weight excluding hydrogens is 369 g/mol. The molecule has 2 aromatic heterocycles. The predicted molar refractivity (Wildman–Crippen MR) is 111 cm³/mol. The highest BCUT2D eigenvalue weighted by Crippen LogP contribution is 2.24. The van der Waals surface area contributed by atoms with Crippen molar-refractivity contribution in [2.75, 3.05) is 20.1 Å². The molecule has 1 aliphatic heterocycles. The van der Waals surface area contributed by atoms with Crippen LogP contribution in [0.4, 0.5) is 4.39 Å². The number of likely N-dealkylation sites (tertiary alicyclic amines) is 1. The summed E-state index contributed by atoms with van der Waals surface area (Å²) in [4.78, 5) is 19.7. The number of carbonyl (C=O) groups is 1. The van der Waals surface area contributed by atoms with E-state index in [1.165, 1.54) is 12.1 Å². The molecule has 0 saturated carbocycles. The first-order chi connectivity index (χ1) is 14.1.